The number of nitrogens with zero attached hydrogens (tertiary/aromatic N) is 2. The van der Waals surface area contributed by atoms with Gasteiger partial charge in [0.25, 0.3) is 0 Å². The van der Waals surface area contributed by atoms with Gasteiger partial charge in [-0.2, -0.15) is 5.10 Å². The van der Waals surface area contributed by atoms with Gasteiger partial charge in [-0.15, -0.1) is 0 Å². The lowest BCUT2D eigenvalue weighted by Crippen LogP contribution is -2.02. The van der Waals surface area contributed by atoms with Gasteiger partial charge in [0, 0.05) is 23.2 Å². The lowest BCUT2D eigenvalue weighted by atomic mass is 10.2. The summed E-state index contributed by atoms with van der Waals surface area (Å²) in [5.74, 6) is 0. The van der Waals surface area contributed by atoms with E-state index in [0.29, 0.717) is 17.3 Å². The fourth-order valence-electron chi connectivity index (χ4n) is 1.51. The Morgan fingerprint density at radius 1 is 1.44 bits per heavy atom. The second-order valence-corrected chi connectivity index (χ2v) is 6.42. The van der Waals surface area contributed by atoms with Gasteiger partial charge < -0.3 is 5.73 Å². The van der Waals surface area contributed by atoms with Crippen LogP contribution < -0.4 is 5.73 Å². The average molecular weight is 286 g/mol. The number of anilines is 1. The molecule has 0 amide bonds. The molecule has 0 radical (unpaired) electrons. The molecule has 1 heterocycles. The van der Waals surface area contributed by atoms with Crippen LogP contribution in [0.5, 0.6) is 0 Å². The summed E-state index contributed by atoms with van der Waals surface area (Å²) in [4.78, 5) is 0.183. The van der Waals surface area contributed by atoms with E-state index >= 15 is 0 Å². The first-order chi connectivity index (χ1) is 8.36. The number of aromatic nitrogens is 2. The Bertz CT molecular complexity index is 679. The molecule has 0 atom stereocenters. The van der Waals surface area contributed by atoms with E-state index in [4.69, 9.17) is 17.3 Å². The standard InChI is InChI=1S/C11H12ClN3O2S/c1-18(16,17)10-5-14-15(7-10)6-8-4-9(13)2-3-11(8)12/h2-5,7H,6,13H2,1H3. The smallest absolute Gasteiger partial charge is 0.178 e. The van der Waals surface area contributed by atoms with Crippen molar-refractivity contribution < 1.29 is 8.42 Å². The number of benzene rings is 1. The molecule has 1 aromatic heterocycles. The summed E-state index contributed by atoms with van der Waals surface area (Å²) in [7, 11) is -3.23. The Kier molecular flexibility index (Phi) is 3.32. The van der Waals surface area contributed by atoms with E-state index in [1.807, 2.05) is 0 Å². The van der Waals surface area contributed by atoms with Gasteiger partial charge in [0.05, 0.1) is 12.7 Å². The van der Waals surface area contributed by atoms with Crippen molar-refractivity contribution in [2.75, 3.05) is 12.0 Å². The van der Waals surface area contributed by atoms with Crippen molar-refractivity contribution in [1.82, 2.24) is 9.78 Å². The molecule has 0 saturated heterocycles. The molecule has 0 aliphatic heterocycles. The van der Waals surface area contributed by atoms with Gasteiger partial charge in [-0.3, -0.25) is 4.68 Å². The average Bonchev–Trinajstić information content (AvgIpc) is 2.71. The Morgan fingerprint density at radius 2 is 2.17 bits per heavy atom. The number of nitrogens with two attached hydrogens (primary N) is 1. The number of rotatable bonds is 3. The zero-order valence-electron chi connectivity index (χ0n) is 9.67. The van der Waals surface area contributed by atoms with Gasteiger partial charge in [0.2, 0.25) is 0 Å². The molecule has 5 nitrogen and oxygen atoms in total. The van der Waals surface area contributed by atoms with Crippen LogP contribution in [0.2, 0.25) is 5.02 Å². The van der Waals surface area contributed by atoms with E-state index in [0.717, 1.165) is 11.8 Å². The van der Waals surface area contributed by atoms with Crippen molar-refractivity contribution in [2.45, 2.75) is 11.4 Å². The van der Waals surface area contributed by atoms with Crippen LogP contribution in [-0.4, -0.2) is 24.5 Å². The van der Waals surface area contributed by atoms with Gasteiger partial charge in [0.1, 0.15) is 4.90 Å². The highest BCUT2D eigenvalue weighted by Crippen LogP contribution is 2.20. The van der Waals surface area contributed by atoms with E-state index in [1.54, 1.807) is 18.2 Å². The first kappa shape index (κ1) is 12.9. The second-order valence-electron chi connectivity index (χ2n) is 4.00. The summed E-state index contributed by atoms with van der Waals surface area (Å²) in [6.07, 6.45) is 3.92. The zero-order chi connectivity index (χ0) is 13.3. The molecule has 0 aliphatic carbocycles. The molecule has 2 aromatic rings. The number of sulfone groups is 1. The van der Waals surface area contributed by atoms with Crippen LogP contribution in [0.25, 0.3) is 0 Å². The normalized spacial score (nSPS) is 11.7. The van der Waals surface area contributed by atoms with Gasteiger partial charge in [-0.05, 0) is 23.8 Å². The molecule has 0 unspecified atom stereocenters. The minimum atomic E-state index is -3.23. The highest BCUT2D eigenvalue weighted by atomic mass is 35.5. The highest BCUT2D eigenvalue weighted by molar-refractivity contribution is 7.90. The minimum absolute atomic E-state index is 0.183. The van der Waals surface area contributed by atoms with Crippen LogP contribution in [0.15, 0.2) is 35.5 Å². The van der Waals surface area contributed by atoms with Crippen molar-refractivity contribution in [3.8, 4) is 0 Å². The summed E-state index contributed by atoms with van der Waals surface area (Å²) in [6, 6.07) is 5.15. The summed E-state index contributed by atoms with van der Waals surface area (Å²) < 4.78 is 24.2. The van der Waals surface area contributed by atoms with Crippen LogP contribution in [0.1, 0.15) is 5.56 Å². The second kappa shape index (κ2) is 4.62. The van der Waals surface area contributed by atoms with Crippen LogP contribution in [0.3, 0.4) is 0 Å². The Morgan fingerprint density at radius 3 is 2.78 bits per heavy atom. The maximum Gasteiger partial charge on any atom is 0.178 e. The molecule has 18 heavy (non-hydrogen) atoms. The number of hydrogen-bond acceptors (Lipinski definition) is 4. The van der Waals surface area contributed by atoms with Gasteiger partial charge in [-0.25, -0.2) is 8.42 Å². The summed E-state index contributed by atoms with van der Waals surface area (Å²) in [5.41, 5.74) is 7.06. The molecule has 0 bridgehead atoms. The highest BCUT2D eigenvalue weighted by Gasteiger charge is 2.10. The molecule has 7 heteroatoms. The molecule has 96 valence electrons. The van der Waals surface area contributed by atoms with Crippen LogP contribution in [0, 0.1) is 0 Å². The lowest BCUT2D eigenvalue weighted by Gasteiger charge is -2.05. The van der Waals surface area contributed by atoms with Gasteiger partial charge >= 0.3 is 0 Å². The molecular weight excluding hydrogens is 274 g/mol. The molecule has 0 spiro atoms. The first-order valence-electron chi connectivity index (χ1n) is 5.12. The summed E-state index contributed by atoms with van der Waals surface area (Å²) >= 11 is 6.03. The Labute approximate surface area is 110 Å². The molecule has 0 fully saturated rings. The van der Waals surface area contributed by atoms with Crippen molar-refractivity contribution >= 4 is 27.1 Å². The number of nitrogen functional groups attached to an aromatic ring is 1. The Hall–Kier alpha value is -1.53. The van der Waals surface area contributed by atoms with Crippen molar-refractivity contribution in [2.24, 2.45) is 0 Å². The van der Waals surface area contributed by atoms with E-state index in [9.17, 15) is 8.42 Å². The first-order valence-corrected chi connectivity index (χ1v) is 7.39. The third-order valence-electron chi connectivity index (χ3n) is 2.44. The molecule has 0 saturated carbocycles. The van der Waals surface area contributed by atoms with Crippen LogP contribution >= 0.6 is 11.6 Å². The van der Waals surface area contributed by atoms with Gasteiger partial charge in [-0.1, -0.05) is 11.6 Å². The lowest BCUT2D eigenvalue weighted by molar-refractivity contribution is 0.601. The monoisotopic (exact) mass is 285 g/mol. The summed E-state index contributed by atoms with van der Waals surface area (Å²) in [6.45, 7) is 0.374. The van der Waals surface area contributed by atoms with Gasteiger partial charge in [0.15, 0.2) is 9.84 Å². The summed E-state index contributed by atoms with van der Waals surface area (Å²) in [5, 5.41) is 4.56. The SMILES string of the molecule is CS(=O)(=O)c1cnn(Cc2cc(N)ccc2Cl)c1. The fraction of sp³-hybridized carbons (Fsp3) is 0.182. The van der Waals surface area contributed by atoms with Crippen molar-refractivity contribution in [1.29, 1.82) is 0 Å². The number of hydrogen-bond donors (Lipinski definition) is 1. The number of halogens is 1. The van der Waals surface area contributed by atoms with E-state index in [1.165, 1.54) is 17.1 Å². The third-order valence-corrected chi connectivity index (χ3v) is 3.88. The maximum absolute atomic E-state index is 11.3. The molecule has 2 N–H and O–H groups in total. The molecule has 0 aliphatic rings. The minimum Gasteiger partial charge on any atom is -0.399 e. The Balaban J connectivity index is 2.29. The van der Waals surface area contributed by atoms with Crippen molar-refractivity contribution in [3.63, 3.8) is 0 Å². The fourth-order valence-corrected chi connectivity index (χ4v) is 2.24. The molecular formula is C11H12ClN3O2S. The largest absolute Gasteiger partial charge is 0.399 e. The topological polar surface area (TPSA) is 78.0 Å². The molecule has 2 rings (SSSR count). The zero-order valence-corrected chi connectivity index (χ0v) is 11.2. The van der Waals surface area contributed by atoms with E-state index in [2.05, 4.69) is 5.10 Å². The van der Waals surface area contributed by atoms with Crippen LogP contribution in [0.4, 0.5) is 5.69 Å². The predicted octanol–water partition coefficient (Wildman–Crippen LogP) is 1.57. The van der Waals surface area contributed by atoms with E-state index < -0.39 is 9.84 Å². The van der Waals surface area contributed by atoms with E-state index in [-0.39, 0.29) is 4.90 Å². The third kappa shape index (κ3) is 2.83. The molecule has 1 aromatic carbocycles. The quantitative estimate of drug-likeness (QED) is 0.868. The van der Waals surface area contributed by atoms with Crippen molar-refractivity contribution in [3.05, 3.63) is 41.2 Å². The van der Waals surface area contributed by atoms with Crippen LogP contribution in [-0.2, 0) is 16.4 Å². The predicted molar refractivity (Wildman–Crippen MR) is 70.3 cm³/mol. The maximum atomic E-state index is 11.3.